The Morgan fingerprint density at radius 3 is 2.23 bits per heavy atom. The van der Waals surface area contributed by atoms with E-state index in [1.165, 1.54) is 42.5 Å². The molecule has 0 heterocycles. The summed E-state index contributed by atoms with van der Waals surface area (Å²) in [5.74, 6) is -1.65. The number of azo groups is 1. The lowest BCUT2D eigenvalue weighted by Crippen LogP contribution is -2.31. The molecule has 0 aromatic heterocycles. The molecule has 138 valence electrons. The van der Waals surface area contributed by atoms with Crippen LogP contribution in [0.3, 0.4) is 0 Å². The molecule has 2 aromatic rings. The van der Waals surface area contributed by atoms with Crippen LogP contribution in [0.25, 0.3) is 0 Å². The molecule has 26 heavy (non-hydrogen) atoms. The number of carboxylic acid groups (broad SMARTS) is 1. The molecule has 0 bridgehead atoms. The number of hydrogen-bond donors (Lipinski definition) is 3. The summed E-state index contributed by atoms with van der Waals surface area (Å²) < 4.78 is 26.9. The maximum Gasteiger partial charge on any atom is 0.339 e. The lowest BCUT2D eigenvalue weighted by Gasteiger charge is -2.11. The summed E-state index contributed by atoms with van der Waals surface area (Å²) in [4.78, 5) is 11.0. The maximum atomic E-state index is 12.2. The summed E-state index contributed by atoms with van der Waals surface area (Å²) in [6, 6.07) is 9.49. The molecule has 2 rings (SSSR count). The van der Waals surface area contributed by atoms with Gasteiger partial charge in [0.1, 0.15) is 11.3 Å². The highest BCUT2D eigenvalue weighted by Gasteiger charge is 2.16. The zero-order valence-electron chi connectivity index (χ0n) is 14.2. The molecule has 2 aromatic carbocycles. The molecular weight excluding hydrogens is 358 g/mol. The first kappa shape index (κ1) is 19.5. The molecule has 0 fully saturated rings. The first-order valence-corrected chi connectivity index (χ1v) is 9.31. The monoisotopic (exact) mass is 377 g/mol. The Kier molecular flexibility index (Phi) is 6.06. The van der Waals surface area contributed by atoms with Gasteiger partial charge in [0.2, 0.25) is 10.0 Å². The van der Waals surface area contributed by atoms with Crippen LogP contribution in [0.1, 0.15) is 30.6 Å². The molecule has 0 saturated heterocycles. The number of aromatic hydroxyl groups is 1. The second-order valence-corrected chi connectivity index (χ2v) is 7.35. The normalized spacial score (nSPS) is 13.0. The van der Waals surface area contributed by atoms with Crippen molar-refractivity contribution in [3.63, 3.8) is 0 Å². The van der Waals surface area contributed by atoms with Gasteiger partial charge in [-0.2, -0.15) is 10.2 Å². The second kappa shape index (κ2) is 8.07. The molecule has 0 aliphatic carbocycles. The molecule has 9 heteroatoms. The number of benzene rings is 2. The average Bonchev–Trinajstić information content (AvgIpc) is 2.59. The number of carbonyl (C=O) groups is 1. The SMILES string of the molecule is CCC(C)NS(=O)(=O)c1ccc(N=Nc2ccc(C(=O)O)c(O)c2)cc1. The van der Waals surface area contributed by atoms with Gasteiger partial charge in [-0.25, -0.2) is 17.9 Å². The number of nitrogens with zero attached hydrogens (tertiary/aromatic N) is 2. The lowest BCUT2D eigenvalue weighted by molar-refractivity contribution is 0.0693. The van der Waals surface area contributed by atoms with Gasteiger partial charge in [0, 0.05) is 12.1 Å². The molecule has 0 spiro atoms. The van der Waals surface area contributed by atoms with Crippen LogP contribution in [0.15, 0.2) is 57.6 Å². The number of rotatable bonds is 7. The number of aromatic carboxylic acids is 1. The highest BCUT2D eigenvalue weighted by molar-refractivity contribution is 7.89. The van der Waals surface area contributed by atoms with E-state index in [1.54, 1.807) is 6.92 Å². The minimum atomic E-state index is -3.58. The number of sulfonamides is 1. The lowest BCUT2D eigenvalue weighted by atomic mass is 10.2. The Bertz CT molecular complexity index is 924. The number of carboxylic acids is 1. The third kappa shape index (κ3) is 4.87. The molecular formula is C17H19N3O5S. The fourth-order valence-corrected chi connectivity index (χ4v) is 3.31. The van der Waals surface area contributed by atoms with Crippen molar-refractivity contribution in [2.24, 2.45) is 10.2 Å². The minimum Gasteiger partial charge on any atom is -0.507 e. The third-order valence-electron chi connectivity index (χ3n) is 3.61. The quantitative estimate of drug-likeness (QED) is 0.635. The first-order valence-electron chi connectivity index (χ1n) is 7.83. The largest absolute Gasteiger partial charge is 0.507 e. The van der Waals surface area contributed by atoms with Crippen LogP contribution in [-0.2, 0) is 10.0 Å². The van der Waals surface area contributed by atoms with Gasteiger partial charge in [0.15, 0.2) is 0 Å². The smallest absolute Gasteiger partial charge is 0.339 e. The second-order valence-electron chi connectivity index (χ2n) is 5.63. The summed E-state index contributed by atoms with van der Waals surface area (Å²) in [5, 5.41) is 26.3. The molecule has 1 atom stereocenters. The van der Waals surface area contributed by atoms with Crippen LogP contribution < -0.4 is 4.72 Å². The van der Waals surface area contributed by atoms with Crippen molar-refractivity contribution in [3.05, 3.63) is 48.0 Å². The van der Waals surface area contributed by atoms with Crippen molar-refractivity contribution in [1.29, 1.82) is 0 Å². The number of nitrogens with one attached hydrogen (secondary N) is 1. The fourth-order valence-electron chi connectivity index (χ4n) is 1.99. The van der Waals surface area contributed by atoms with Crippen molar-refractivity contribution < 1.29 is 23.4 Å². The Labute approximate surface area is 151 Å². The predicted molar refractivity (Wildman–Crippen MR) is 95.8 cm³/mol. The van der Waals surface area contributed by atoms with E-state index in [-0.39, 0.29) is 22.2 Å². The van der Waals surface area contributed by atoms with E-state index in [1.807, 2.05) is 6.92 Å². The van der Waals surface area contributed by atoms with E-state index >= 15 is 0 Å². The summed E-state index contributed by atoms with van der Waals surface area (Å²) in [7, 11) is -3.58. The zero-order valence-corrected chi connectivity index (χ0v) is 15.1. The molecule has 0 saturated carbocycles. The van der Waals surface area contributed by atoms with Crippen LogP contribution in [0.4, 0.5) is 11.4 Å². The van der Waals surface area contributed by atoms with Gasteiger partial charge in [0.25, 0.3) is 0 Å². The van der Waals surface area contributed by atoms with Gasteiger partial charge in [0.05, 0.1) is 16.3 Å². The van der Waals surface area contributed by atoms with Gasteiger partial charge >= 0.3 is 5.97 Å². The average molecular weight is 377 g/mol. The Balaban J connectivity index is 2.15. The molecule has 0 amide bonds. The van der Waals surface area contributed by atoms with Crippen molar-refractivity contribution in [2.45, 2.75) is 31.2 Å². The molecule has 0 aliphatic heterocycles. The van der Waals surface area contributed by atoms with Crippen LogP contribution in [0, 0.1) is 0 Å². The maximum absolute atomic E-state index is 12.2. The Morgan fingerprint density at radius 2 is 1.69 bits per heavy atom. The molecule has 0 radical (unpaired) electrons. The number of hydrogen-bond acceptors (Lipinski definition) is 6. The number of phenols is 1. The van der Waals surface area contributed by atoms with Gasteiger partial charge in [-0.3, -0.25) is 0 Å². The van der Waals surface area contributed by atoms with Crippen molar-refractivity contribution >= 4 is 27.4 Å². The van der Waals surface area contributed by atoms with E-state index in [0.29, 0.717) is 12.1 Å². The Hall–Kier alpha value is -2.78. The van der Waals surface area contributed by atoms with E-state index in [0.717, 1.165) is 0 Å². The van der Waals surface area contributed by atoms with E-state index in [2.05, 4.69) is 15.0 Å². The third-order valence-corrected chi connectivity index (χ3v) is 5.21. The summed E-state index contributed by atoms with van der Waals surface area (Å²) in [5.41, 5.74) is 0.448. The van der Waals surface area contributed by atoms with Crippen LogP contribution >= 0.6 is 0 Å². The highest BCUT2D eigenvalue weighted by atomic mass is 32.2. The molecule has 0 aliphatic rings. The predicted octanol–water partition coefficient (Wildman–Crippen LogP) is 3.58. The fraction of sp³-hybridized carbons (Fsp3) is 0.235. The van der Waals surface area contributed by atoms with Gasteiger partial charge in [-0.05, 0) is 49.7 Å². The zero-order chi connectivity index (χ0) is 19.3. The van der Waals surface area contributed by atoms with Crippen molar-refractivity contribution in [3.8, 4) is 5.75 Å². The van der Waals surface area contributed by atoms with Crippen molar-refractivity contribution in [2.75, 3.05) is 0 Å². The summed E-state index contributed by atoms with van der Waals surface area (Å²) >= 11 is 0. The topological polar surface area (TPSA) is 128 Å². The van der Waals surface area contributed by atoms with Gasteiger partial charge < -0.3 is 10.2 Å². The Morgan fingerprint density at radius 1 is 1.12 bits per heavy atom. The molecule has 1 unspecified atom stereocenters. The summed E-state index contributed by atoms with van der Waals surface area (Å²) in [6.45, 7) is 3.67. The van der Waals surface area contributed by atoms with Crippen LogP contribution in [0.2, 0.25) is 0 Å². The van der Waals surface area contributed by atoms with E-state index in [4.69, 9.17) is 5.11 Å². The van der Waals surface area contributed by atoms with Gasteiger partial charge in [-0.1, -0.05) is 6.92 Å². The summed E-state index contributed by atoms with van der Waals surface area (Å²) in [6.07, 6.45) is 0.680. The van der Waals surface area contributed by atoms with Gasteiger partial charge in [-0.15, -0.1) is 0 Å². The van der Waals surface area contributed by atoms with E-state index < -0.39 is 21.7 Å². The highest BCUT2D eigenvalue weighted by Crippen LogP contribution is 2.26. The van der Waals surface area contributed by atoms with Crippen LogP contribution in [-0.4, -0.2) is 30.6 Å². The first-order chi connectivity index (χ1) is 12.2. The standard InChI is InChI=1S/C17H19N3O5S/c1-3-11(2)20-26(24,25)14-7-4-12(5-8-14)18-19-13-6-9-15(17(22)23)16(21)10-13/h4-11,20-21H,3H2,1-2H3,(H,22,23). The molecule has 3 N–H and O–H groups in total. The van der Waals surface area contributed by atoms with E-state index in [9.17, 15) is 18.3 Å². The van der Waals surface area contributed by atoms with Crippen LogP contribution in [0.5, 0.6) is 5.75 Å². The van der Waals surface area contributed by atoms with Crippen molar-refractivity contribution in [1.82, 2.24) is 4.72 Å². The molecule has 8 nitrogen and oxygen atoms in total. The minimum absolute atomic E-state index is 0.125.